The number of rotatable bonds is 3. The van der Waals surface area contributed by atoms with Crippen molar-refractivity contribution in [2.45, 2.75) is 13.3 Å². The molecule has 0 fully saturated rings. The van der Waals surface area contributed by atoms with Crippen molar-refractivity contribution in [3.05, 3.63) is 62.9 Å². The van der Waals surface area contributed by atoms with Crippen LogP contribution in [-0.4, -0.2) is 10.9 Å². The van der Waals surface area contributed by atoms with Gasteiger partial charge >= 0.3 is 0 Å². The Labute approximate surface area is 126 Å². The molecule has 0 aliphatic carbocycles. The van der Waals surface area contributed by atoms with E-state index in [9.17, 15) is 4.79 Å². The van der Waals surface area contributed by atoms with Crippen molar-refractivity contribution in [2.24, 2.45) is 5.11 Å². The van der Waals surface area contributed by atoms with Crippen LogP contribution in [0.2, 0.25) is 10.2 Å². The second-order valence-corrected chi connectivity index (χ2v) is 5.10. The van der Waals surface area contributed by atoms with Gasteiger partial charge in [-0.15, -0.1) is 5.11 Å². The number of aromatic nitrogens is 1. The van der Waals surface area contributed by atoms with Crippen LogP contribution in [0.1, 0.15) is 27.2 Å². The zero-order valence-electron chi connectivity index (χ0n) is 10.7. The monoisotopic (exact) mass is 307 g/mol. The van der Waals surface area contributed by atoms with Gasteiger partial charge in [-0.2, -0.15) is 0 Å². The molecule has 1 N–H and O–H groups in total. The molecule has 0 saturated heterocycles. The third-order valence-electron chi connectivity index (χ3n) is 2.79. The number of benzene rings is 1. The number of nitrogens with one attached hydrogen (secondary N) is 1. The standard InChI is InChI=1S/C14H11Cl2N3O/c1-8-3-2-4-9(5-8)6-12-11(15)7-10(13(16)18-12)14(20)19-17/h2-5,7,17H,6H2,1H3. The van der Waals surface area contributed by atoms with Gasteiger partial charge in [0, 0.05) is 6.42 Å². The van der Waals surface area contributed by atoms with Crippen LogP contribution in [0.3, 0.4) is 0 Å². The van der Waals surface area contributed by atoms with Crippen LogP contribution in [0, 0.1) is 12.5 Å². The van der Waals surface area contributed by atoms with Gasteiger partial charge in [0.15, 0.2) is 0 Å². The Bertz CT molecular complexity index is 686. The Kier molecular flexibility index (Phi) is 4.47. The number of carbonyl (C=O) groups is 1. The van der Waals surface area contributed by atoms with Crippen molar-refractivity contribution in [3.63, 3.8) is 0 Å². The third kappa shape index (κ3) is 3.21. The van der Waals surface area contributed by atoms with Crippen LogP contribution in [0.15, 0.2) is 35.4 Å². The maximum absolute atomic E-state index is 11.4. The van der Waals surface area contributed by atoms with Crippen molar-refractivity contribution in [3.8, 4) is 0 Å². The van der Waals surface area contributed by atoms with Crippen molar-refractivity contribution in [1.82, 2.24) is 4.98 Å². The van der Waals surface area contributed by atoms with Gasteiger partial charge in [-0.3, -0.25) is 4.79 Å². The first kappa shape index (κ1) is 14.6. The van der Waals surface area contributed by atoms with E-state index in [4.69, 9.17) is 28.7 Å². The fourth-order valence-electron chi connectivity index (χ4n) is 1.85. The molecule has 2 rings (SSSR count). The average Bonchev–Trinajstić information content (AvgIpc) is 2.41. The summed E-state index contributed by atoms with van der Waals surface area (Å²) in [5.74, 6) is -0.758. The van der Waals surface area contributed by atoms with Gasteiger partial charge in [0.1, 0.15) is 5.15 Å². The van der Waals surface area contributed by atoms with Crippen LogP contribution in [0.5, 0.6) is 0 Å². The smallest absolute Gasteiger partial charge is 0.265 e. The van der Waals surface area contributed by atoms with E-state index < -0.39 is 5.91 Å². The number of hydrogen-bond acceptors (Lipinski definition) is 3. The Morgan fingerprint density at radius 2 is 2.10 bits per heavy atom. The molecule has 0 aliphatic rings. The van der Waals surface area contributed by atoms with Crippen molar-refractivity contribution < 1.29 is 4.79 Å². The minimum Gasteiger partial charge on any atom is -0.265 e. The molecule has 2 aromatic rings. The summed E-state index contributed by atoms with van der Waals surface area (Å²) in [6, 6.07) is 9.36. The fraction of sp³-hybridized carbons (Fsp3) is 0.143. The molecule has 4 nitrogen and oxygen atoms in total. The summed E-state index contributed by atoms with van der Waals surface area (Å²) in [5.41, 5.74) is 9.54. The zero-order chi connectivity index (χ0) is 14.7. The molecule has 20 heavy (non-hydrogen) atoms. The number of carbonyl (C=O) groups excluding carboxylic acids is 1. The summed E-state index contributed by atoms with van der Waals surface area (Å²) in [5, 5.41) is 3.16. The lowest BCUT2D eigenvalue weighted by atomic mass is 10.1. The van der Waals surface area contributed by atoms with E-state index in [1.54, 1.807) is 0 Å². The van der Waals surface area contributed by atoms with E-state index in [2.05, 4.69) is 10.1 Å². The molecular weight excluding hydrogens is 297 g/mol. The molecule has 102 valence electrons. The molecule has 1 amide bonds. The minimum atomic E-state index is -0.758. The normalized spacial score (nSPS) is 10.3. The summed E-state index contributed by atoms with van der Waals surface area (Å²) >= 11 is 12.1. The first-order valence-electron chi connectivity index (χ1n) is 5.83. The number of pyridine rings is 1. The number of hydrogen-bond donors (Lipinski definition) is 1. The van der Waals surface area contributed by atoms with Crippen LogP contribution in [0.4, 0.5) is 0 Å². The maximum atomic E-state index is 11.4. The molecule has 0 spiro atoms. The SMILES string of the molecule is Cc1cccc(Cc2nc(Cl)c(C(=O)N=N)cc2Cl)c1. The molecule has 0 saturated carbocycles. The Hall–Kier alpha value is -1.78. The Balaban J connectivity index is 2.36. The number of nitrogens with zero attached hydrogens (tertiary/aromatic N) is 2. The van der Waals surface area contributed by atoms with Crippen molar-refractivity contribution >= 4 is 29.1 Å². The van der Waals surface area contributed by atoms with E-state index in [-0.39, 0.29) is 10.7 Å². The highest BCUT2D eigenvalue weighted by atomic mass is 35.5. The Morgan fingerprint density at radius 3 is 2.75 bits per heavy atom. The molecule has 1 heterocycles. The van der Waals surface area contributed by atoms with Crippen LogP contribution >= 0.6 is 23.2 Å². The van der Waals surface area contributed by atoms with Gasteiger partial charge in [0.2, 0.25) is 0 Å². The molecule has 0 atom stereocenters. The molecule has 0 radical (unpaired) electrons. The predicted octanol–water partition coefficient (Wildman–Crippen LogP) is 4.46. The van der Waals surface area contributed by atoms with Crippen molar-refractivity contribution in [1.29, 1.82) is 5.53 Å². The van der Waals surface area contributed by atoms with E-state index in [0.717, 1.165) is 11.1 Å². The lowest BCUT2D eigenvalue weighted by Gasteiger charge is -2.07. The third-order valence-corrected chi connectivity index (χ3v) is 3.40. The Morgan fingerprint density at radius 1 is 1.35 bits per heavy atom. The average molecular weight is 308 g/mol. The first-order valence-corrected chi connectivity index (χ1v) is 6.59. The lowest BCUT2D eigenvalue weighted by molar-refractivity contribution is 0.0990. The van der Waals surface area contributed by atoms with Crippen LogP contribution in [-0.2, 0) is 6.42 Å². The molecule has 1 aromatic carbocycles. The highest BCUT2D eigenvalue weighted by Crippen LogP contribution is 2.24. The summed E-state index contributed by atoms with van der Waals surface area (Å²) in [4.78, 5) is 15.5. The molecule has 1 aromatic heterocycles. The lowest BCUT2D eigenvalue weighted by Crippen LogP contribution is -2.01. The van der Waals surface area contributed by atoms with Gasteiger partial charge in [0.05, 0.1) is 16.3 Å². The van der Waals surface area contributed by atoms with Gasteiger partial charge in [0.25, 0.3) is 5.91 Å². The summed E-state index contributed by atoms with van der Waals surface area (Å²) < 4.78 is 0. The van der Waals surface area contributed by atoms with E-state index >= 15 is 0 Å². The molecule has 0 unspecified atom stereocenters. The largest absolute Gasteiger partial charge is 0.298 e. The summed E-state index contributed by atoms with van der Waals surface area (Å²) in [7, 11) is 0. The number of halogens is 2. The molecule has 0 aliphatic heterocycles. The quantitative estimate of drug-likeness (QED) is 0.672. The molecule has 6 heteroatoms. The maximum Gasteiger partial charge on any atom is 0.298 e. The number of aryl methyl sites for hydroxylation is 1. The zero-order valence-corrected chi connectivity index (χ0v) is 12.2. The summed E-state index contributed by atoms with van der Waals surface area (Å²) in [6.07, 6.45) is 0.521. The number of amides is 1. The highest BCUT2D eigenvalue weighted by Gasteiger charge is 2.15. The fourth-order valence-corrected chi connectivity index (χ4v) is 2.31. The van der Waals surface area contributed by atoms with Gasteiger partial charge in [-0.05, 0) is 18.6 Å². The summed E-state index contributed by atoms with van der Waals surface area (Å²) in [6.45, 7) is 2.00. The second kappa shape index (κ2) is 6.11. The van der Waals surface area contributed by atoms with Gasteiger partial charge < -0.3 is 0 Å². The van der Waals surface area contributed by atoms with Crippen LogP contribution in [0.25, 0.3) is 0 Å². The van der Waals surface area contributed by atoms with Gasteiger partial charge in [-0.25, -0.2) is 10.5 Å². The topological polar surface area (TPSA) is 66.2 Å². The molecular formula is C14H11Cl2N3O. The first-order chi connectivity index (χ1) is 9.51. The van der Waals surface area contributed by atoms with Gasteiger partial charge in [-0.1, -0.05) is 53.0 Å². The van der Waals surface area contributed by atoms with E-state index in [0.29, 0.717) is 17.1 Å². The predicted molar refractivity (Wildman–Crippen MR) is 77.7 cm³/mol. The van der Waals surface area contributed by atoms with E-state index in [1.165, 1.54) is 6.07 Å². The minimum absolute atomic E-state index is 0.0121. The van der Waals surface area contributed by atoms with Crippen molar-refractivity contribution in [2.75, 3.05) is 0 Å². The molecule has 0 bridgehead atoms. The van der Waals surface area contributed by atoms with Crippen LogP contribution < -0.4 is 0 Å². The highest BCUT2D eigenvalue weighted by molar-refractivity contribution is 6.35. The second-order valence-electron chi connectivity index (χ2n) is 4.34. The van der Waals surface area contributed by atoms with E-state index in [1.807, 2.05) is 31.2 Å².